The van der Waals surface area contributed by atoms with Gasteiger partial charge in [-0.3, -0.25) is 4.79 Å². The van der Waals surface area contributed by atoms with Gasteiger partial charge in [0.2, 0.25) is 0 Å². The number of fused-ring (bicyclic) bond motifs is 1. The van der Waals surface area contributed by atoms with Gasteiger partial charge in [-0.15, -0.1) is 11.6 Å². The number of halogens is 1. The van der Waals surface area contributed by atoms with E-state index in [-0.39, 0.29) is 0 Å². The van der Waals surface area contributed by atoms with E-state index in [1.807, 2.05) is 0 Å². The number of hydrogen-bond acceptors (Lipinski definition) is 1. The lowest BCUT2D eigenvalue weighted by molar-refractivity contribution is -0.137. The van der Waals surface area contributed by atoms with E-state index in [0.29, 0.717) is 23.6 Å². The Bertz CT molecular complexity index is 569. The van der Waals surface area contributed by atoms with E-state index in [0.717, 1.165) is 25.7 Å². The first-order valence-electron chi connectivity index (χ1n) is 9.62. The van der Waals surface area contributed by atoms with Crippen molar-refractivity contribution >= 4 is 17.6 Å². The lowest BCUT2D eigenvalue weighted by Gasteiger charge is -2.23. The van der Waals surface area contributed by atoms with E-state index in [1.165, 1.54) is 44.1 Å². The number of carboxylic acid groups (broad SMARTS) is 1. The van der Waals surface area contributed by atoms with Crippen LogP contribution < -0.4 is 0 Å². The largest absolute Gasteiger partial charge is 0.481 e. The second-order valence-corrected chi connectivity index (χ2v) is 8.15. The van der Waals surface area contributed by atoms with Crippen LogP contribution >= 0.6 is 11.6 Å². The molecular formula is C21H29ClO2. The highest BCUT2D eigenvalue weighted by molar-refractivity contribution is 6.21. The van der Waals surface area contributed by atoms with Crippen molar-refractivity contribution in [2.75, 3.05) is 0 Å². The van der Waals surface area contributed by atoms with E-state index in [2.05, 4.69) is 18.2 Å². The van der Waals surface area contributed by atoms with E-state index in [1.54, 1.807) is 11.1 Å². The third-order valence-electron chi connectivity index (χ3n) is 5.96. The van der Waals surface area contributed by atoms with Crippen LogP contribution in [-0.2, 0) is 17.6 Å². The molecule has 0 heterocycles. The van der Waals surface area contributed by atoms with Crippen LogP contribution in [0.2, 0.25) is 0 Å². The van der Waals surface area contributed by atoms with Crippen molar-refractivity contribution in [3.8, 4) is 0 Å². The van der Waals surface area contributed by atoms with Crippen LogP contribution in [0.25, 0.3) is 0 Å². The maximum atomic E-state index is 10.5. The molecule has 3 unspecified atom stereocenters. The Balaban J connectivity index is 1.52. The van der Waals surface area contributed by atoms with Gasteiger partial charge in [0, 0.05) is 11.8 Å². The summed E-state index contributed by atoms with van der Waals surface area (Å²) in [6, 6.07) is 7.16. The molecule has 1 saturated carbocycles. The molecule has 0 aliphatic heterocycles. The normalized spacial score (nSPS) is 25.8. The minimum Gasteiger partial charge on any atom is -0.481 e. The van der Waals surface area contributed by atoms with Crippen molar-refractivity contribution < 1.29 is 9.90 Å². The van der Waals surface area contributed by atoms with Gasteiger partial charge in [-0.05, 0) is 73.5 Å². The molecule has 0 aromatic heterocycles. The van der Waals surface area contributed by atoms with Crippen LogP contribution in [-0.4, -0.2) is 16.5 Å². The second kappa shape index (κ2) is 8.38. The number of alkyl halides is 1. The van der Waals surface area contributed by atoms with E-state index in [4.69, 9.17) is 16.7 Å². The standard InChI is InChI=1S/C21H29ClO2/c22-20-13-12-18(17-11-10-15-6-5-7-16(15)14-17)19(20)8-3-1-2-4-9-21(23)24/h10-11,14,18-20H,1-9,12-13H2,(H,23,24). The molecule has 3 heteroatoms. The number of unbranched alkanes of at least 4 members (excludes halogenated alkanes) is 3. The molecule has 3 rings (SSSR count). The number of hydrogen-bond donors (Lipinski definition) is 1. The predicted octanol–water partition coefficient (Wildman–Crippen LogP) is 5.70. The van der Waals surface area contributed by atoms with Crippen molar-refractivity contribution in [3.05, 3.63) is 34.9 Å². The van der Waals surface area contributed by atoms with Crippen LogP contribution in [0.15, 0.2) is 18.2 Å². The van der Waals surface area contributed by atoms with Crippen molar-refractivity contribution in [3.63, 3.8) is 0 Å². The molecule has 1 fully saturated rings. The van der Waals surface area contributed by atoms with Crippen molar-refractivity contribution in [2.45, 2.75) is 81.9 Å². The fraction of sp³-hybridized carbons (Fsp3) is 0.667. The molecule has 0 amide bonds. The van der Waals surface area contributed by atoms with Crippen molar-refractivity contribution in [1.82, 2.24) is 0 Å². The fourth-order valence-corrected chi connectivity index (χ4v) is 5.07. The summed E-state index contributed by atoms with van der Waals surface area (Å²) in [5.74, 6) is 0.534. The Hall–Kier alpha value is -1.02. The lowest BCUT2D eigenvalue weighted by atomic mass is 9.84. The van der Waals surface area contributed by atoms with Crippen molar-refractivity contribution in [1.29, 1.82) is 0 Å². The number of benzene rings is 1. The minimum atomic E-state index is -0.678. The van der Waals surface area contributed by atoms with E-state index >= 15 is 0 Å². The summed E-state index contributed by atoms with van der Waals surface area (Å²) in [6.45, 7) is 0. The Morgan fingerprint density at radius 1 is 1.08 bits per heavy atom. The zero-order valence-corrected chi connectivity index (χ0v) is 15.2. The SMILES string of the molecule is O=C(O)CCCCCCC1C(Cl)CCC1c1ccc2c(c1)CCC2. The third-order valence-corrected chi connectivity index (χ3v) is 6.51. The average molecular weight is 349 g/mol. The Labute approximate surface area is 150 Å². The number of aryl methyl sites for hydroxylation is 2. The Morgan fingerprint density at radius 2 is 1.88 bits per heavy atom. The quantitative estimate of drug-likeness (QED) is 0.483. The molecule has 2 aliphatic carbocycles. The molecule has 0 spiro atoms. The monoisotopic (exact) mass is 348 g/mol. The van der Waals surface area contributed by atoms with Crippen LogP contribution in [0, 0.1) is 5.92 Å². The number of carbonyl (C=O) groups is 1. The summed E-state index contributed by atoms with van der Waals surface area (Å²) in [5, 5.41) is 8.99. The molecule has 2 nitrogen and oxygen atoms in total. The fourth-order valence-electron chi connectivity index (χ4n) is 4.65. The van der Waals surface area contributed by atoms with Crippen LogP contribution in [0.1, 0.15) is 80.4 Å². The van der Waals surface area contributed by atoms with E-state index in [9.17, 15) is 4.79 Å². The molecule has 1 aromatic rings. The summed E-state index contributed by atoms with van der Waals surface area (Å²) < 4.78 is 0. The Morgan fingerprint density at radius 3 is 2.71 bits per heavy atom. The summed E-state index contributed by atoms with van der Waals surface area (Å²) in [6.07, 6.45) is 11.8. The maximum Gasteiger partial charge on any atom is 0.303 e. The summed E-state index contributed by atoms with van der Waals surface area (Å²) in [5.41, 5.74) is 4.63. The molecule has 0 bridgehead atoms. The summed E-state index contributed by atoms with van der Waals surface area (Å²) in [4.78, 5) is 10.5. The first kappa shape index (κ1) is 17.8. The molecule has 3 atom stereocenters. The molecule has 24 heavy (non-hydrogen) atoms. The smallest absolute Gasteiger partial charge is 0.303 e. The molecule has 1 aromatic carbocycles. The van der Waals surface area contributed by atoms with Crippen LogP contribution in [0.4, 0.5) is 0 Å². The van der Waals surface area contributed by atoms with Gasteiger partial charge in [-0.2, -0.15) is 0 Å². The average Bonchev–Trinajstić information content (AvgIpc) is 3.16. The lowest BCUT2D eigenvalue weighted by Crippen LogP contribution is -2.14. The van der Waals surface area contributed by atoms with E-state index < -0.39 is 5.97 Å². The van der Waals surface area contributed by atoms with Crippen LogP contribution in [0.3, 0.4) is 0 Å². The first-order chi connectivity index (χ1) is 11.6. The van der Waals surface area contributed by atoms with Gasteiger partial charge in [-0.1, -0.05) is 37.5 Å². The minimum absolute atomic E-state index is 0.305. The molecular weight excluding hydrogens is 320 g/mol. The molecule has 132 valence electrons. The van der Waals surface area contributed by atoms with Gasteiger partial charge >= 0.3 is 5.97 Å². The maximum absolute atomic E-state index is 10.5. The van der Waals surface area contributed by atoms with Gasteiger partial charge in [-0.25, -0.2) is 0 Å². The van der Waals surface area contributed by atoms with Gasteiger partial charge in [0.05, 0.1) is 0 Å². The van der Waals surface area contributed by atoms with Gasteiger partial charge in [0.1, 0.15) is 0 Å². The first-order valence-corrected chi connectivity index (χ1v) is 10.1. The molecule has 0 radical (unpaired) electrons. The highest BCUT2D eigenvalue weighted by Gasteiger charge is 2.35. The van der Waals surface area contributed by atoms with Gasteiger partial charge in [0.25, 0.3) is 0 Å². The predicted molar refractivity (Wildman–Crippen MR) is 98.9 cm³/mol. The zero-order valence-electron chi connectivity index (χ0n) is 14.5. The topological polar surface area (TPSA) is 37.3 Å². The Kier molecular flexibility index (Phi) is 6.21. The number of carboxylic acids is 1. The number of aliphatic carboxylic acids is 1. The molecule has 0 saturated heterocycles. The van der Waals surface area contributed by atoms with Crippen LogP contribution in [0.5, 0.6) is 0 Å². The molecule has 2 aliphatic rings. The summed E-state index contributed by atoms with van der Waals surface area (Å²) in [7, 11) is 0. The summed E-state index contributed by atoms with van der Waals surface area (Å²) >= 11 is 6.64. The van der Waals surface area contributed by atoms with Gasteiger partial charge < -0.3 is 5.11 Å². The highest BCUT2D eigenvalue weighted by Crippen LogP contribution is 2.45. The number of rotatable bonds is 8. The second-order valence-electron chi connectivity index (χ2n) is 7.59. The highest BCUT2D eigenvalue weighted by atomic mass is 35.5. The zero-order chi connectivity index (χ0) is 16.9. The van der Waals surface area contributed by atoms with Crippen molar-refractivity contribution in [2.24, 2.45) is 5.92 Å². The third kappa shape index (κ3) is 4.33. The molecule has 1 N–H and O–H groups in total. The van der Waals surface area contributed by atoms with Gasteiger partial charge in [0.15, 0.2) is 0 Å².